The number of nitrogens with zero attached hydrogens (tertiary/aromatic N) is 1. The lowest BCUT2D eigenvalue weighted by Crippen LogP contribution is -2.43. The zero-order valence-corrected chi connectivity index (χ0v) is 15.0. The molecule has 0 radical (unpaired) electrons. The number of amides is 1. The average Bonchev–Trinajstić information content (AvgIpc) is 3.07. The third-order valence-electron chi connectivity index (χ3n) is 4.56. The van der Waals surface area contributed by atoms with Gasteiger partial charge in [0.1, 0.15) is 6.10 Å². The fourth-order valence-corrected chi connectivity index (χ4v) is 3.02. The van der Waals surface area contributed by atoms with Crippen molar-refractivity contribution in [1.82, 2.24) is 10.2 Å². The van der Waals surface area contributed by atoms with E-state index < -0.39 is 6.10 Å². The SMILES string of the molecule is CCOCCOC(C)C(=O)NC1CCN(C(C)c2ccccc2)C1. The van der Waals surface area contributed by atoms with Gasteiger partial charge in [0.05, 0.1) is 13.2 Å². The van der Waals surface area contributed by atoms with Crippen molar-refractivity contribution in [2.75, 3.05) is 32.9 Å². The van der Waals surface area contributed by atoms with Gasteiger partial charge in [-0.05, 0) is 32.8 Å². The molecule has 1 aromatic carbocycles. The summed E-state index contributed by atoms with van der Waals surface area (Å²) in [6.45, 7) is 9.48. The molecule has 1 fully saturated rings. The zero-order valence-electron chi connectivity index (χ0n) is 15.0. The maximum Gasteiger partial charge on any atom is 0.249 e. The number of nitrogens with one attached hydrogen (secondary N) is 1. The number of rotatable bonds is 9. The molecule has 1 aromatic rings. The molecule has 24 heavy (non-hydrogen) atoms. The summed E-state index contributed by atoms with van der Waals surface area (Å²) in [5.41, 5.74) is 1.32. The first-order valence-corrected chi connectivity index (χ1v) is 8.90. The van der Waals surface area contributed by atoms with Crippen molar-refractivity contribution < 1.29 is 14.3 Å². The van der Waals surface area contributed by atoms with Gasteiger partial charge in [-0.25, -0.2) is 0 Å². The largest absolute Gasteiger partial charge is 0.379 e. The van der Waals surface area contributed by atoms with Gasteiger partial charge in [-0.15, -0.1) is 0 Å². The molecular weight excluding hydrogens is 304 g/mol. The second-order valence-corrected chi connectivity index (χ2v) is 6.29. The fourth-order valence-electron chi connectivity index (χ4n) is 3.02. The molecule has 1 amide bonds. The molecule has 1 aliphatic heterocycles. The van der Waals surface area contributed by atoms with Crippen LogP contribution in [0.15, 0.2) is 30.3 Å². The first-order chi connectivity index (χ1) is 11.6. The lowest BCUT2D eigenvalue weighted by atomic mass is 10.1. The summed E-state index contributed by atoms with van der Waals surface area (Å²) in [5.74, 6) is -0.0364. The molecule has 1 N–H and O–H groups in total. The van der Waals surface area contributed by atoms with Gasteiger partial charge in [-0.1, -0.05) is 30.3 Å². The van der Waals surface area contributed by atoms with Crippen LogP contribution >= 0.6 is 0 Å². The van der Waals surface area contributed by atoms with E-state index in [-0.39, 0.29) is 11.9 Å². The van der Waals surface area contributed by atoms with E-state index in [0.717, 1.165) is 19.5 Å². The number of ether oxygens (including phenoxy) is 2. The molecular formula is C19H30N2O3. The molecule has 0 saturated carbocycles. The molecule has 1 aliphatic rings. The summed E-state index contributed by atoms with van der Waals surface area (Å²) in [7, 11) is 0. The molecule has 5 nitrogen and oxygen atoms in total. The zero-order chi connectivity index (χ0) is 17.4. The number of likely N-dealkylation sites (tertiary alicyclic amines) is 1. The molecule has 0 aliphatic carbocycles. The summed E-state index contributed by atoms with van der Waals surface area (Å²) in [5, 5.41) is 3.11. The number of hydrogen-bond donors (Lipinski definition) is 1. The Morgan fingerprint density at radius 2 is 2.04 bits per heavy atom. The molecule has 3 unspecified atom stereocenters. The van der Waals surface area contributed by atoms with Crippen LogP contribution in [0.4, 0.5) is 0 Å². The summed E-state index contributed by atoms with van der Waals surface area (Å²) >= 11 is 0. The van der Waals surface area contributed by atoms with Gasteiger partial charge in [0, 0.05) is 31.8 Å². The summed E-state index contributed by atoms with van der Waals surface area (Å²) < 4.78 is 10.7. The van der Waals surface area contributed by atoms with E-state index in [1.54, 1.807) is 6.92 Å². The summed E-state index contributed by atoms with van der Waals surface area (Å²) in [6.07, 6.45) is 0.542. The molecule has 3 atom stereocenters. The minimum atomic E-state index is -0.439. The Hall–Kier alpha value is -1.43. The standard InChI is InChI=1S/C19H30N2O3/c1-4-23-12-13-24-16(3)19(22)20-18-10-11-21(14-18)15(2)17-8-6-5-7-9-17/h5-9,15-16,18H,4,10-14H2,1-3H3,(H,20,22). The molecule has 1 saturated heterocycles. The molecule has 5 heteroatoms. The second kappa shape index (κ2) is 9.77. The minimum absolute atomic E-state index is 0.0364. The second-order valence-electron chi connectivity index (χ2n) is 6.29. The predicted molar refractivity (Wildman–Crippen MR) is 94.9 cm³/mol. The molecule has 2 rings (SSSR count). The highest BCUT2D eigenvalue weighted by molar-refractivity contribution is 5.80. The van der Waals surface area contributed by atoms with Crippen molar-refractivity contribution in [2.45, 2.75) is 45.4 Å². The van der Waals surface area contributed by atoms with E-state index in [1.807, 2.05) is 13.0 Å². The highest BCUT2D eigenvalue weighted by Gasteiger charge is 2.28. The minimum Gasteiger partial charge on any atom is -0.379 e. The van der Waals surface area contributed by atoms with E-state index in [9.17, 15) is 4.79 Å². The van der Waals surface area contributed by atoms with Crippen LogP contribution in [0.5, 0.6) is 0 Å². The van der Waals surface area contributed by atoms with Gasteiger partial charge in [-0.2, -0.15) is 0 Å². The van der Waals surface area contributed by atoms with Gasteiger partial charge in [-0.3, -0.25) is 9.69 Å². The Bertz CT molecular complexity index is 495. The van der Waals surface area contributed by atoms with E-state index >= 15 is 0 Å². The monoisotopic (exact) mass is 334 g/mol. The summed E-state index contributed by atoms with van der Waals surface area (Å²) in [6, 6.07) is 11.1. The fraction of sp³-hybridized carbons (Fsp3) is 0.632. The lowest BCUT2D eigenvalue weighted by molar-refractivity contribution is -0.133. The Morgan fingerprint density at radius 3 is 2.75 bits per heavy atom. The molecule has 0 spiro atoms. The first kappa shape index (κ1) is 18.9. The van der Waals surface area contributed by atoms with E-state index in [2.05, 4.69) is 41.4 Å². The smallest absolute Gasteiger partial charge is 0.249 e. The van der Waals surface area contributed by atoms with Gasteiger partial charge in [0.15, 0.2) is 0 Å². The number of carbonyl (C=O) groups excluding carboxylic acids is 1. The van der Waals surface area contributed by atoms with Crippen molar-refractivity contribution in [3.05, 3.63) is 35.9 Å². The Labute approximate surface area is 145 Å². The maximum atomic E-state index is 12.2. The van der Waals surface area contributed by atoms with Crippen molar-refractivity contribution >= 4 is 5.91 Å². The quantitative estimate of drug-likeness (QED) is 0.705. The van der Waals surface area contributed by atoms with Gasteiger partial charge < -0.3 is 14.8 Å². The van der Waals surface area contributed by atoms with E-state index in [4.69, 9.17) is 9.47 Å². The van der Waals surface area contributed by atoms with Crippen molar-refractivity contribution in [3.8, 4) is 0 Å². The Kier molecular flexibility index (Phi) is 7.69. The predicted octanol–water partition coefficient (Wildman–Crippen LogP) is 2.38. The van der Waals surface area contributed by atoms with Gasteiger partial charge in [0.2, 0.25) is 5.91 Å². The molecule has 134 valence electrons. The van der Waals surface area contributed by atoms with Crippen LogP contribution in [-0.2, 0) is 14.3 Å². The maximum absolute atomic E-state index is 12.2. The summed E-state index contributed by atoms with van der Waals surface area (Å²) in [4.78, 5) is 14.6. The highest BCUT2D eigenvalue weighted by Crippen LogP contribution is 2.24. The van der Waals surface area contributed by atoms with Gasteiger partial charge in [0.25, 0.3) is 0 Å². The molecule has 0 bridgehead atoms. The van der Waals surface area contributed by atoms with Crippen molar-refractivity contribution in [2.24, 2.45) is 0 Å². The van der Waals surface area contributed by atoms with E-state index in [1.165, 1.54) is 5.56 Å². The number of carbonyl (C=O) groups is 1. The van der Waals surface area contributed by atoms with Crippen LogP contribution in [-0.4, -0.2) is 55.9 Å². The topological polar surface area (TPSA) is 50.8 Å². The van der Waals surface area contributed by atoms with Crippen LogP contribution in [0.2, 0.25) is 0 Å². The number of hydrogen-bond acceptors (Lipinski definition) is 4. The number of benzene rings is 1. The van der Waals surface area contributed by atoms with Crippen LogP contribution in [0.1, 0.15) is 38.8 Å². The highest BCUT2D eigenvalue weighted by atomic mass is 16.5. The van der Waals surface area contributed by atoms with E-state index in [0.29, 0.717) is 25.9 Å². The van der Waals surface area contributed by atoms with Crippen LogP contribution < -0.4 is 5.32 Å². The Balaban J connectivity index is 1.74. The van der Waals surface area contributed by atoms with Crippen LogP contribution in [0.25, 0.3) is 0 Å². The third-order valence-corrected chi connectivity index (χ3v) is 4.56. The van der Waals surface area contributed by atoms with Crippen LogP contribution in [0, 0.1) is 0 Å². The molecule has 0 aromatic heterocycles. The molecule has 1 heterocycles. The van der Waals surface area contributed by atoms with Gasteiger partial charge >= 0.3 is 0 Å². The average molecular weight is 334 g/mol. The lowest BCUT2D eigenvalue weighted by Gasteiger charge is -2.25. The van der Waals surface area contributed by atoms with Crippen molar-refractivity contribution in [1.29, 1.82) is 0 Å². The first-order valence-electron chi connectivity index (χ1n) is 8.90. The van der Waals surface area contributed by atoms with Crippen LogP contribution in [0.3, 0.4) is 0 Å². The Morgan fingerprint density at radius 1 is 1.29 bits per heavy atom. The van der Waals surface area contributed by atoms with Crippen molar-refractivity contribution in [3.63, 3.8) is 0 Å². The third kappa shape index (κ3) is 5.58. The normalized spacial score (nSPS) is 20.7.